The summed E-state index contributed by atoms with van der Waals surface area (Å²) in [5, 5.41) is 7.12. The molecule has 0 saturated heterocycles. The summed E-state index contributed by atoms with van der Waals surface area (Å²) < 4.78 is 5.80. The van der Waals surface area contributed by atoms with Crippen molar-refractivity contribution in [3.8, 4) is 5.75 Å². The number of anilines is 1. The van der Waals surface area contributed by atoms with Gasteiger partial charge < -0.3 is 15.4 Å². The van der Waals surface area contributed by atoms with E-state index in [-0.39, 0.29) is 6.04 Å². The van der Waals surface area contributed by atoms with Gasteiger partial charge in [-0.15, -0.1) is 0 Å². The van der Waals surface area contributed by atoms with Gasteiger partial charge >= 0.3 is 0 Å². The van der Waals surface area contributed by atoms with Crippen LogP contribution in [-0.2, 0) is 6.61 Å². The molecule has 0 radical (unpaired) electrons. The van der Waals surface area contributed by atoms with Crippen molar-refractivity contribution in [2.24, 2.45) is 0 Å². The number of pyridine rings is 1. The van der Waals surface area contributed by atoms with Crippen molar-refractivity contribution >= 4 is 23.0 Å². The van der Waals surface area contributed by atoms with Crippen molar-refractivity contribution in [3.05, 3.63) is 89.7 Å². The predicted molar refractivity (Wildman–Crippen MR) is 114 cm³/mol. The molecule has 3 rings (SSSR count). The van der Waals surface area contributed by atoms with Crippen LogP contribution in [0.3, 0.4) is 0 Å². The highest BCUT2D eigenvalue weighted by Crippen LogP contribution is 2.19. The number of nitrogens with zero attached hydrogens (tertiary/aromatic N) is 1. The molecule has 1 heterocycles. The minimum atomic E-state index is 0.0859. The summed E-state index contributed by atoms with van der Waals surface area (Å²) in [6.07, 6.45) is 3.56. The van der Waals surface area contributed by atoms with Gasteiger partial charge in [-0.3, -0.25) is 4.98 Å². The predicted octanol–water partition coefficient (Wildman–Crippen LogP) is 5.02. The van der Waals surface area contributed by atoms with Crippen LogP contribution in [0.4, 0.5) is 5.69 Å². The Kier molecular flexibility index (Phi) is 6.39. The van der Waals surface area contributed by atoms with Gasteiger partial charge in [-0.05, 0) is 62.0 Å². The van der Waals surface area contributed by atoms with Crippen LogP contribution >= 0.6 is 12.2 Å². The molecule has 1 atom stereocenters. The zero-order valence-corrected chi connectivity index (χ0v) is 16.3. The van der Waals surface area contributed by atoms with Gasteiger partial charge in [-0.2, -0.15) is 0 Å². The molecule has 0 aliphatic carbocycles. The van der Waals surface area contributed by atoms with E-state index >= 15 is 0 Å². The standard InChI is InChI=1S/C22H23N3OS/c1-16-5-9-20(10-6-16)25-22(27)24-17(2)19-7-11-21(12-8-19)26-15-18-4-3-13-23-14-18/h3-14,17H,15H2,1-2H3,(H2,24,25,27). The lowest BCUT2D eigenvalue weighted by molar-refractivity contribution is 0.305. The Labute approximate surface area is 165 Å². The van der Waals surface area contributed by atoms with Crippen molar-refractivity contribution in [3.63, 3.8) is 0 Å². The summed E-state index contributed by atoms with van der Waals surface area (Å²) in [5.41, 5.74) is 4.38. The maximum atomic E-state index is 5.80. The van der Waals surface area contributed by atoms with Crippen LogP contribution in [0.25, 0.3) is 0 Å². The minimum Gasteiger partial charge on any atom is -0.489 e. The number of hydrogen-bond donors (Lipinski definition) is 2. The van der Waals surface area contributed by atoms with Crippen LogP contribution in [0.5, 0.6) is 5.75 Å². The van der Waals surface area contributed by atoms with Crippen LogP contribution < -0.4 is 15.4 Å². The van der Waals surface area contributed by atoms with Gasteiger partial charge in [-0.1, -0.05) is 35.9 Å². The topological polar surface area (TPSA) is 46.2 Å². The number of benzene rings is 2. The molecule has 0 saturated carbocycles. The van der Waals surface area contributed by atoms with E-state index in [1.54, 1.807) is 6.20 Å². The van der Waals surface area contributed by atoms with Crippen LogP contribution in [-0.4, -0.2) is 10.1 Å². The number of nitrogens with one attached hydrogen (secondary N) is 2. The molecule has 0 aliphatic rings. The molecule has 1 unspecified atom stereocenters. The molecule has 0 spiro atoms. The Balaban J connectivity index is 1.51. The van der Waals surface area contributed by atoms with E-state index < -0.39 is 0 Å². The van der Waals surface area contributed by atoms with E-state index in [0.29, 0.717) is 11.7 Å². The number of rotatable bonds is 6. The third-order valence-electron chi connectivity index (χ3n) is 4.17. The number of hydrogen-bond acceptors (Lipinski definition) is 3. The Hall–Kier alpha value is -2.92. The molecular formula is C22H23N3OS. The molecule has 0 fully saturated rings. The second-order valence-electron chi connectivity index (χ2n) is 6.41. The van der Waals surface area contributed by atoms with Gasteiger partial charge in [0.1, 0.15) is 12.4 Å². The van der Waals surface area contributed by atoms with Crippen LogP contribution in [0.1, 0.15) is 29.7 Å². The van der Waals surface area contributed by atoms with Gasteiger partial charge in [0.15, 0.2) is 5.11 Å². The van der Waals surface area contributed by atoms with Gasteiger partial charge in [0.25, 0.3) is 0 Å². The lowest BCUT2D eigenvalue weighted by Crippen LogP contribution is -2.30. The summed E-state index contributed by atoms with van der Waals surface area (Å²) >= 11 is 5.41. The summed E-state index contributed by atoms with van der Waals surface area (Å²) in [6, 6.07) is 20.2. The fourth-order valence-electron chi connectivity index (χ4n) is 2.59. The third kappa shape index (κ3) is 5.79. The van der Waals surface area contributed by atoms with E-state index in [9.17, 15) is 0 Å². The fourth-order valence-corrected chi connectivity index (χ4v) is 2.88. The number of aryl methyl sites for hydroxylation is 1. The van der Waals surface area contributed by atoms with Crippen molar-refractivity contribution in [1.29, 1.82) is 0 Å². The average Bonchev–Trinajstić information content (AvgIpc) is 2.69. The van der Waals surface area contributed by atoms with Crippen molar-refractivity contribution in [1.82, 2.24) is 10.3 Å². The molecule has 4 nitrogen and oxygen atoms in total. The van der Waals surface area contributed by atoms with Crippen molar-refractivity contribution in [2.45, 2.75) is 26.5 Å². The van der Waals surface area contributed by atoms with E-state index in [2.05, 4.69) is 41.6 Å². The van der Waals surface area contributed by atoms with Crippen LogP contribution in [0.15, 0.2) is 73.1 Å². The Morgan fingerprint density at radius 2 is 1.81 bits per heavy atom. The van der Waals surface area contributed by atoms with Crippen LogP contribution in [0.2, 0.25) is 0 Å². The molecule has 5 heteroatoms. The van der Waals surface area contributed by atoms with Crippen LogP contribution in [0, 0.1) is 6.92 Å². The second kappa shape index (κ2) is 9.14. The maximum Gasteiger partial charge on any atom is 0.171 e. The second-order valence-corrected chi connectivity index (χ2v) is 6.81. The molecular weight excluding hydrogens is 354 g/mol. The lowest BCUT2D eigenvalue weighted by Gasteiger charge is -2.18. The molecule has 2 N–H and O–H groups in total. The summed E-state index contributed by atoms with van der Waals surface area (Å²) in [4.78, 5) is 4.09. The number of thiocarbonyl (C=S) groups is 1. The summed E-state index contributed by atoms with van der Waals surface area (Å²) in [5.74, 6) is 0.829. The summed E-state index contributed by atoms with van der Waals surface area (Å²) in [7, 11) is 0. The SMILES string of the molecule is Cc1ccc(NC(=S)NC(C)c2ccc(OCc3cccnc3)cc2)cc1. The van der Waals surface area contributed by atoms with E-state index in [4.69, 9.17) is 17.0 Å². The van der Waals surface area contributed by atoms with E-state index in [1.165, 1.54) is 5.56 Å². The third-order valence-corrected chi connectivity index (χ3v) is 4.39. The molecule has 1 aromatic heterocycles. The first-order valence-electron chi connectivity index (χ1n) is 8.86. The lowest BCUT2D eigenvalue weighted by atomic mass is 10.1. The van der Waals surface area contributed by atoms with Gasteiger partial charge in [0.05, 0.1) is 6.04 Å². The van der Waals surface area contributed by atoms with Gasteiger partial charge in [0, 0.05) is 23.6 Å². The maximum absolute atomic E-state index is 5.80. The van der Waals surface area contributed by atoms with Gasteiger partial charge in [-0.25, -0.2) is 0 Å². The minimum absolute atomic E-state index is 0.0859. The first-order valence-corrected chi connectivity index (χ1v) is 9.27. The van der Waals surface area contributed by atoms with E-state index in [1.807, 2.05) is 54.7 Å². The number of aromatic nitrogens is 1. The number of ether oxygens (including phenoxy) is 1. The highest BCUT2D eigenvalue weighted by atomic mass is 32.1. The smallest absolute Gasteiger partial charge is 0.171 e. The first kappa shape index (κ1) is 18.9. The Bertz CT molecular complexity index is 864. The van der Waals surface area contributed by atoms with E-state index in [0.717, 1.165) is 22.6 Å². The average molecular weight is 378 g/mol. The highest BCUT2D eigenvalue weighted by Gasteiger charge is 2.08. The molecule has 2 aromatic carbocycles. The Morgan fingerprint density at radius 1 is 1.07 bits per heavy atom. The fraction of sp³-hybridized carbons (Fsp3) is 0.182. The molecule has 0 bridgehead atoms. The van der Waals surface area contributed by atoms with Crippen molar-refractivity contribution in [2.75, 3.05) is 5.32 Å². The molecule has 0 aliphatic heterocycles. The Morgan fingerprint density at radius 3 is 2.48 bits per heavy atom. The van der Waals surface area contributed by atoms with Gasteiger partial charge in [0.2, 0.25) is 0 Å². The molecule has 0 amide bonds. The largest absolute Gasteiger partial charge is 0.489 e. The van der Waals surface area contributed by atoms with Crippen molar-refractivity contribution < 1.29 is 4.74 Å². The normalized spacial score (nSPS) is 11.5. The first-order chi connectivity index (χ1) is 13.1. The zero-order valence-electron chi connectivity index (χ0n) is 15.5. The molecule has 138 valence electrons. The summed E-state index contributed by atoms with van der Waals surface area (Å²) in [6.45, 7) is 4.65. The molecule has 27 heavy (non-hydrogen) atoms. The quantitative estimate of drug-likeness (QED) is 0.591. The monoisotopic (exact) mass is 377 g/mol. The highest BCUT2D eigenvalue weighted by molar-refractivity contribution is 7.80. The zero-order chi connectivity index (χ0) is 19.1. The molecule has 3 aromatic rings.